The summed E-state index contributed by atoms with van der Waals surface area (Å²) in [5.41, 5.74) is -3.60. The first-order chi connectivity index (χ1) is 15.0. The molecule has 2 bridgehead atoms. The van der Waals surface area contributed by atoms with Gasteiger partial charge in [0.15, 0.2) is 16.6 Å². The summed E-state index contributed by atoms with van der Waals surface area (Å²) in [5, 5.41) is 0. The molecule has 2 fully saturated rings. The molecule has 2 unspecified atom stereocenters. The van der Waals surface area contributed by atoms with Crippen LogP contribution in [0.4, 0.5) is 0 Å². The number of hydrogen-bond donors (Lipinski definition) is 0. The number of hydrogen-bond acceptors (Lipinski definition) is 11. The summed E-state index contributed by atoms with van der Waals surface area (Å²) in [5.74, 6) is -3.40. The summed E-state index contributed by atoms with van der Waals surface area (Å²) in [7, 11) is 2.47. The average molecular weight is 456 g/mol. The zero-order valence-electron chi connectivity index (χ0n) is 19.5. The molecule has 0 saturated carbocycles. The van der Waals surface area contributed by atoms with Crippen LogP contribution in [0.25, 0.3) is 0 Å². The molecule has 180 valence electrons. The Bertz CT molecular complexity index is 707. The fourth-order valence-corrected chi connectivity index (χ4v) is 4.51. The van der Waals surface area contributed by atoms with Gasteiger partial charge in [0.25, 0.3) is 0 Å². The fourth-order valence-electron chi connectivity index (χ4n) is 4.51. The van der Waals surface area contributed by atoms with E-state index in [1.54, 1.807) is 37.5 Å². The standard InChI is InChI=1S/C21H32N2O9/c1-7-31-18(27)20-9-22(13(3)15(24)29-5)11-21(17(20)26,19(28)32-8-2)12-23(10-20)14(4)16(25)30-6/h13-14H,7-12H2,1-6H3. The molecule has 2 aliphatic rings. The van der Waals surface area contributed by atoms with Crippen molar-refractivity contribution in [3.63, 3.8) is 0 Å². The molecule has 0 radical (unpaired) electrons. The van der Waals surface area contributed by atoms with Gasteiger partial charge < -0.3 is 18.9 Å². The lowest BCUT2D eigenvalue weighted by Crippen LogP contribution is -2.76. The van der Waals surface area contributed by atoms with E-state index in [2.05, 4.69) is 0 Å². The number of piperidine rings is 2. The molecule has 0 aromatic carbocycles. The van der Waals surface area contributed by atoms with Crippen molar-refractivity contribution in [1.82, 2.24) is 9.80 Å². The molecule has 0 aromatic heterocycles. The minimum atomic E-state index is -1.80. The lowest BCUT2D eigenvalue weighted by Gasteiger charge is -2.55. The number of carbonyl (C=O) groups is 5. The number of esters is 4. The fraction of sp³-hybridized carbons (Fsp3) is 0.762. The molecule has 0 amide bonds. The maximum Gasteiger partial charge on any atom is 0.322 e. The molecule has 0 aliphatic carbocycles. The lowest BCUT2D eigenvalue weighted by atomic mass is 9.61. The van der Waals surface area contributed by atoms with Crippen LogP contribution in [-0.2, 0) is 42.9 Å². The van der Waals surface area contributed by atoms with E-state index < -0.39 is 52.6 Å². The third-order valence-electron chi connectivity index (χ3n) is 6.27. The Morgan fingerprint density at radius 2 is 1.09 bits per heavy atom. The molecule has 11 nitrogen and oxygen atoms in total. The van der Waals surface area contributed by atoms with E-state index in [1.807, 2.05) is 0 Å². The number of ether oxygens (including phenoxy) is 4. The van der Waals surface area contributed by atoms with Crippen LogP contribution in [0.5, 0.6) is 0 Å². The molecule has 2 aliphatic heterocycles. The largest absolute Gasteiger partial charge is 0.468 e. The van der Waals surface area contributed by atoms with Crippen molar-refractivity contribution in [2.24, 2.45) is 10.8 Å². The van der Waals surface area contributed by atoms with Crippen LogP contribution in [0, 0.1) is 10.8 Å². The van der Waals surface area contributed by atoms with Gasteiger partial charge in [-0.1, -0.05) is 0 Å². The topological polar surface area (TPSA) is 129 Å². The summed E-state index contributed by atoms with van der Waals surface area (Å²) in [6.45, 7) is 5.68. The van der Waals surface area contributed by atoms with E-state index in [1.165, 1.54) is 14.2 Å². The smallest absolute Gasteiger partial charge is 0.322 e. The number of Topliss-reactive ketones (excluding diaryl/α,β-unsaturated/α-hetero) is 1. The first-order valence-electron chi connectivity index (χ1n) is 10.6. The van der Waals surface area contributed by atoms with Crippen molar-refractivity contribution in [2.75, 3.05) is 53.6 Å². The average Bonchev–Trinajstić information content (AvgIpc) is 2.77. The zero-order chi connectivity index (χ0) is 24.3. The van der Waals surface area contributed by atoms with Gasteiger partial charge in [0.05, 0.1) is 27.4 Å². The molecular formula is C21H32N2O9. The third-order valence-corrected chi connectivity index (χ3v) is 6.27. The van der Waals surface area contributed by atoms with Gasteiger partial charge in [-0.3, -0.25) is 33.8 Å². The van der Waals surface area contributed by atoms with Crippen molar-refractivity contribution in [2.45, 2.75) is 39.8 Å². The molecule has 2 atom stereocenters. The molecule has 0 aromatic rings. The van der Waals surface area contributed by atoms with Crippen LogP contribution in [0.3, 0.4) is 0 Å². The number of methoxy groups -OCH3 is 2. The summed E-state index contributed by atoms with van der Waals surface area (Å²) >= 11 is 0. The predicted molar refractivity (Wildman–Crippen MR) is 109 cm³/mol. The highest BCUT2D eigenvalue weighted by Gasteiger charge is 2.69. The highest BCUT2D eigenvalue weighted by atomic mass is 16.5. The quantitative estimate of drug-likeness (QED) is 0.264. The van der Waals surface area contributed by atoms with E-state index in [-0.39, 0.29) is 39.4 Å². The number of rotatable bonds is 8. The first kappa shape index (κ1) is 25.7. The molecule has 2 heterocycles. The third kappa shape index (κ3) is 4.23. The maximum atomic E-state index is 13.8. The second kappa shape index (κ2) is 9.95. The van der Waals surface area contributed by atoms with Crippen LogP contribution in [0.15, 0.2) is 0 Å². The number of carbonyl (C=O) groups excluding carboxylic acids is 5. The minimum Gasteiger partial charge on any atom is -0.468 e. The van der Waals surface area contributed by atoms with Gasteiger partial charge in [-0.25, -0.2) is 0 Å². The Morgan fingerprint density at radius 3 is 1.34 bits per heavy atom. The van der Waals surface area contributed by atoms with Crippen LogP contribution >= 0.6 is 0 Å². The SMILES string of the molecule is CCOC(=O)C12CN(C(C)C(=O)OC)CC(C(=O)OCC)(CN(C(C)C(=O)OC)C1)C2=O. The van der Waals surface area contributed by atoms with Gasteiger partial charge in [0, 0.05) is 26.2 Å². The lowest BCUT2D eigenvalue weighted by molar-refractivity contribution is -0.195. The van der Waals surface area contributed by atoms with Gasteiger partial charge in [-0.15, -0.1) is 0 Å². The maximum absolute atomic E-state index is 13.8. The Hall–Kier alpha value is -2.53. The van der Waals surface area contributed by atoms with Gasteiger partial charge in [-0.05, 0) is 27.7 Å². The van der Waals surface area contributed by atoms with Crippen molar-refractivity contribution in [3.8, 4) is 0 Å². The molecule has 11 heteroatoms. The van der Waals surface area contributed by atoms with Crippen molar-refractivity contribution in [3.05, 3.63) is 0 Å². The van der Waals surface area contributed by atoms with E-state index in [0.717, 1.165) is 0 Å². The van der Waals surface area contributed by atoms with E-state index in [0.29, 0.717) is 0 Å². The van der Waals surface area contributed by atoms with Gasteiger partial charge in [0.2, 0.25) is 0 Å². The van der Waals surface area contributed by atoms with Crippen LogP contribution in [-0.4, -0.2) is 105 Å². The molecule has 2 saturated heterocycles. The minimum absolute atomic E-state index is 0.0133. The van der Waals surface area contributed by atoms with E-state index >= 15 is 0 Å². The Balaban J connectivity index is 2.67. The predicted octanol–water partition coefficient (Wildman–Crippen LogP) is -0.591. The van der Waals surface area contributed by atoms with Gasteiger partial charge >= 0.3 is 23.9 Å². The van der Waals surface area contributed by atoms with Crippen LogP contribution in [0.2, 0.25) is 0 Å². The highest BCUT2D eigenvalue weighted by Crippen LogP contribution is 2.45. The number of likely N-dealkylation sites (tertiary alicyclic amines) is 2. The summed E-state index contributed by atoms with van der Waals surface area (Å²) < 4.78 is 20.2. The van der Waals surface area contributed by atoms with Crippen molar-refractivity contribution in [1.29, 1.82) is 0 Å². The Kier molecular flexibility index (Phi) is 8.00. The Labute approximate surface area is 187 Å². The summed E-state index contributed by atoms with van der Waals surface area (Å²) in [6, 6.07) is -1.67. The molecule has 32 heavy (non-hydrogen) atoms. The van der Waals surface area contributed by atoms with Crippen LogP contribution < -0.4 is 0 Å². The zero-order valence-corrected chi connectivity index (χ0v) is 19.5. The number of ketones is 1. The molecule has 2 rings (SSSR count). The van der Waals surface area contributed by atoms with E-state index in [4.69, 9.17) is 18.9 Å². The highest BCUT2D eigenvalue weighted by molar-refractivity contribution is 6.17. The van der Waals surface area contributed by atoms with Crippen molar-refractivity contribution < 1.29 is 42.9 Å². The summed E-state index contributed by atoms with van der Waals surface area (Å²) in [6.07, 6.45) is 0. The van der Waals surface area contributed by atoms with E-state index in [9.17, 15) is 24.0 Å². The monoisotopic (exact) mass is 456 g/mol. The van der Waals surface area contributed by atoms with Gasteiger partial charge in [-0.2, -0.15) is 0 Å². The number of nitrogens with zero attached hydrogens (tertiary/aromatic N) is 2. The first-order valence-corrected chi connectivity index (χ1v) is 10.6. The summed E-state index contributed by atoms with van der Waals surface area (Å²) in [4.78, 5) is 67.9. The molecule has 0 spiro atoms. The second-order valence-electron chi connectivity index (χ2n) is 8.14. The second-order valence-corrected chi connectivity index (χ2v) is 8.14. The molecular weight excluding hydrogens is 424 g/mol. The normalized spacial score (nSPS) is 27.8. The van der Waals surface area contributed by atoms with Crippen LogP contribution in [0.1, 0.15) is 27.7 Å². The Morgan fingerprint density at radius 1 is 0.781 bits per heavy atom. The number of fused-ring (bicyclic) bond motifs is 2. The van der Waals surface area contributed by atoms with Crippen molar-refractivity contribution >= 4 is 29.7 Å². The van der Waals surface area contributed by atoms with Gasteiger partial charge in [0.1, 0.15) is 12.1 Å². The molecule has 0 N–H and O–H groups in total.